The maximum Gasteiger partial charge on any atom is 0.312 e. The lowest BCUT2D eigenvalue weighted by molar-refractivity contribution is -0.668. The van der Waals surface area contributed by atoms with E-state index >= 15 is 0 Å². The minimum absolute atomic E-state index is 0.130. The van der Waals surface area contributed by atoms with Crippen LogP contribution < -0.4 is 0 Å². The molecule has 0 radical (unpaired) electrons. The molecule has 1 aromatic carbocycles. The van der Waals surface area contributed by atoms with E-state index in [1.165, 1.54) is 19.0 Å². The van der Waals surface area contributed by atoms with Gasteiger partial charge in [-0.05, 0) is 12.0 Å². The first-order valence-corrected chi connectivity index (χ1v) is 8.70. The van der Waals surface area contributed by atoms with Gasteiger partial charge in [0.2, 0.25) is 0 Å². The number of hydrogen-bond acceptors (Lipinski definition) is 4. The van der Waals surface area contributed by atoms with Crippen molar-refractivity contribution in [3.63, 3.8) is 0 Å². The number of carboxylic acid groups (broad SMARTS) is 1. The summed E-state index contributed by atoms with van der Waals surface area (Å²) in [6, 6.07) is 8.91. The second-order valence-electron chi connectivity index (χ2n) is 6.04. The van der Waals surface area contributed by atoms with E-state index in [0.29, 0.717) is 0 Å². The molecule has 2 N–H and O–H groups in total. The Hall–Kier alpha value is -1.93. The molecule has 0 aliphatic heterocycles. The largest absolute Gasteiger partial charge is 0.481 e. The molecule has 1 rings (SSSR count). The molecule has 0 bridgehead atoms. The van der Waals surface area contributed by atoms with E-state index in [-0.39, 0.29) is 12.4 Å². The standard InChI is InChI=1S/C15H23N3O4S/c1-17(2)15(16)18(3,4)23(21,22)11-13(14(19)20)10-12-8-6-5-7-9-12/h5-9,13,16H,10-11H2,1-4H3/p+1. The van der Waals surface area contributed by atoms with Gasteiger partial charge >= 0.3 is 22.0 Å². The minimum atomic E-state index is -3.88. The smallest absolute Gasteiger partial charge is 0.312 e. The maximum atomic E-state index is 12.6. The van der Waals surface area contributed by atoms with Crippen molar-refractivity contribution >= 4 is 22.0 Å². The third-order valence-corrected chi connectivity index (χ3v) is 6.10. The van der Waals surface area contributed by atoms with Crippen LogP contribution in [0.3, 0.4) is 0 Å². The number of benzene rings is 1. The van der Waals surface area contributed by atoms with E-state index < -0.39 is 31.6 Å². The van der Waals surface area contributed by atoms with E-state index in [0.717, 1.165) is 5.56 Å². The Morgan fingerprint density at radius 3 is 2.22 bits per heavy atom. The van der Waals surface area contributed by atoms with Crippen molar-refractivity contribution in [1.29, 1.82) is 5.41 Å². The van der Waals surface area contributed by atoms with Gasteiger partial charge in [0.25, 0.3) is 0 Å². The van der Waals surface area contributed by atoms with Gasteiger partial charge < -0.3 is 10.0 Å². The summed E-state index contributed by atoms with van der Waals surface area (Å²) >= 11 is 0. The van der Waals surface area contributed by atoms with E-state index in [9.17, 15) is 18.3 Å². The predicted octanol–water partition coefficient (Wildman–Crippen LogP) is 0.832. The van der Waals surface area contributed by atoms with Gasteiger partial charge in [0.15, 0.2) is 0 Å². The van der Waals surface area contributed by atoms with E-state index in [2.05, 4.69) is 0 Å². The predicted molar refractivity (Wildman–Crippen MR) is 88.6 cm³/mol. The lowest BCUT2D eigenvalue weighted by Crippen LogP contribution is -2.56. The van der Waals surface area contributed by atoms with Gasteiger partial charge in [-0.15, -0.1) is 0 Å². The SMILES string of the molecule is CN(C)C(=N)[N+](C)(C)S(=O)(=O)CC(Cc1ccccc1)C(=O)O. The molecule has 0 aliphatic carbocycles. The molecule has 128 valence electrons. The minimum Gasteiger partial charge on any atom is -0.481 e. The molecule has 0 aromatic heterocycles. The Morgan fingerprint density at radius 2 is 1.78 bits per heavy atom. The number of rotatable bonds is 6. The first-order valence-electron chi connectivity index (χ1n) is 7.09. The molecule has 1 atom stereocenters. The van der Waals surface area contributed by atoms with Crippen LogP contribution in [0.25, 0.3) is 0 Å². The molecule has 0 fully saturated rings. The second-order valence-corrected chi connectivity index (χ2v) is 8.45. The summed E-state index contributed by atoms with van der Waals surface area (Å²) < 4.78 is 24.6. The summed E-state index contributed by atoms with van der Waals surface area (Å²) in [5, 5.41) is 17.3. The van der Waals surface area contributed by atoms with E-state index in [1.54, 1.807) is 38.4 Å². The Labute approximate surface area is 137 Å². The van der Waals surface area contributed by atoms with Crippen LogP contribution in [0.2, 0.25) is 0 Å². The monoisotopic (exact) mass is 342 g/mol. The highest BCUT2D eigenvalue weighted by Gasteiger charge is 2.42. The molecule has 0 saturated carbocycles. The zero-order valence-electron chi connectivity index (χ0n) is 13.9. The molecule has 0 aliphatic rings. The summed E-state index contributed by atoms with van der Waals surface area (Å²) in [6.45, 7) is 0. The first-order chi connectivity index (χ1) is 10.5. The average molecular weight is 342 g/mol. The van der Waals surface area contributed by atoms with E-state index in [1.807, 2.05) is 6.07 Å². The van der Waals surface area contributed by atoms with Gasteiger partial charge in [-0.1, -0.05) is 30.3 Å². The van der Waals surface area contributed by atoms with Crippen molar-refractivity contribution < 1.29 is 22.2 Å². The Morgan fingerprint density at radius 1 is 1.26 bits per heavy atom. The number of guanidine groups is 1. The number of carboxylic acids is 1. The normalized spacial score (nSPS) is 13.4. The molecule has 0 saturated heterocycles. The third-order valence-electron chi connectivity index (χ3n) is 3.72. The van der Waals surface area contributed by atoms with Crippen LogP contribution in [0.1, 0.15) is 5.56 Å². The van der Waals surface area contributed by atoms with E-state index in [4.69, 9.17) is 5.41 Å². The van der Waals surface area contributed by atoms with Gasteiger partial charge in [-0.25, -0.2) is 5.41 Å². The molecule has 1 aromatic rings. The molecular formula is C15H24N3O4S+. The highest BCUT2D eigenvalue weighted by Crippen LogP contribution is 2.18. The summed E-state index contributed by atoms with van der Waals surface area (Å²) in [5.74, 6) is -2.88. The van der Waals surface area contributed by atoms with Crippen molar-refractivity contribution in [3.05, 3.63) is 35.9 Å². The second kappa shape index (κ2) is 7.10. The van der Waals surface area contributed by atoms with Crippen LogP contribution in [0.5, 0.6) is 0 Å². The molecule has 8 heteroatoms. The number of nitrogens with one attached hydrogen (secondary N) is 1. The molecule has 0 amide bonds. The van der Waals surface area contributed by atoms with Gasteiger partial charge in [0.1, 0.15) is 5.75 Å². The number of nitrogens with zero attached hydrogens (tertiary/aromatic N) is 2. The quantitative estimate of drug-likeness (QED) is 0.453. The fourth-order valence-electron chi connectivity index (χ4n) is 2.17. The van der Waals surface area contributed by atoms with Crippen molar-refractivity contribution in [2.75, 3.05) is 33.9 Å². The zero-order chi connectivity index (χ0) is 17.8. The number of hydrogen-bond donors (Lipinski definition) is 2. The zero-order valence-corrected chi connectivity index (χ0v) is 14.7. The fraction of sp³-hybridized carbons (Fsp3) is 0.467. The van der Waals surface area contributed by atoms with Crippen molar-refractivity contribution in [3.8, 4) is 0 Å². The van der Waals surface area contributed by atoms with Crippen molar-refractivity contribution in [1.82, 2.24) is 4.90 Å². The maximum absolute atomic E-state index is 12.6. The Bertz CT molecular complexity index is 669. The number of carbonyl (C=O) groups is 1. The van der Waals surface area contributed by atoms with Gasteiger partial charge in [-0.2, -0.15) is 12.3 Å². The highest BCUT2D eigenvalue weighted by atomic mass is 32.2. The molecular weight excluding hydrogens is 318 g/mol. The van der Waals surface area contributed by atoms with Crippen LogP contribution in [0, 0.1) is 11.3 Å². The fourth-order valence-corrected chi connectivity index (χ4v) is 3.74. The molecule has 0 spiro atoms. The summed E-state index contributed by atoms with van der Waals surface area (Å²) in [5.41, 5.74) is 0.767. The number of quaternary nitrogens is 1. The van der Waals surface area contributed by atoms with Crippen LogP contribution in [-0.4, -0.2) is 68.2 Å². The van der Waals surface area contributed by atoms with Crippen LogP contribution in [0.15, 0.2) is 30.3 Å². The van der Waals surface area contributed by atoms with Crippen LogP contribution in [-0.2, 0) is 21.2 Å². The Balaban J connectivity index is 3.03. The summed E-state index contributed by atoms with van der Waals surface area (Å²) in [4.78, 5) is 12.9. The summed E-state index contributed by atoms with van der Waals surface area (Å²) in [6.07, 6.45) is 0.130. The Kier molecular flexibility index (Phi) is 5.90. The number of sulfonamides is 1. The van der Waals surface area contributed by atoms with Gasteiger partial charge in [0.05, 0.1) is 20.0 Å². The van der Waals surface area contributed by atoms with Gasteiger partial charge in [0, 0.05) is 14.1 Å². The number of aliphatic carboxylic acids is 1. The summed E-state index contributed by atoms with van der Waals surface area (Å²) in [7, 11) is 2.03. The van der Waals surface area contributed by atoms with Crippen LogP contribution >= 0.6 is 0 Å². The van der Waals surface area contributed by atoms with Crippen LogP contribution in [0.4, 0.5) is 0 Å². The highest BCUT2D eigenvalue weighted by molar-refractivity contribution is 7.86. The topological polar surface area (TPSA) is 98.5 Å². The van der Waals surface area contributed by atoms with Gasteiger partial charge in [-0.3, -0.25) is 4.79 Å². The molecule has 1 unspecified atom stereocenters. The van der Waals surface area contributed by atoms with Crippen molar-refractivity contribution in [2.24, 2.45) is 5.92 Å². The first kappa shape index (κ1) is 19.1. The lowest BCUT2D eigenvalue weighted by Gasteiger charge is -2.31. The molecule has 23 heavy (non-hydrogen) atoms. The lowest BCUT2D eigenvalue weighted by atomic mass is 10.0. The molecule has 0 heterocycles. The van der Waals surface area contributed by atoms with Crippen molar-refractivity contribution in [2.45, 2.75) is 6.42 Å². The third kappa shape index (κ3) is 4.52. The molecule has 7 nitrogen and oxygen atoms in total. The average Bonchev–Trinajstić information content (AvgIpc) is 2.46.